The van der Waals surface area contributed by atoms with Crippen molar-refractivity contribution in [3.63, 3.8) is 0 Å². The number of carboxylic acids is 1. The number of methoxy groups -OCH3 is 1. The molecule has 17 heavy (non-hydrogen) atoms. The SMILES string of the molecule is COC(=O)C(C(=O)O)N1C(=O)C(=S(=O)=O)C1C. The van der Waals surface area contributed by atoms with Gasteiger partial charge >= 0.3 is 11.9 Å². The van der Waals surface area contributed by atoms with Crippen molar-refractivity contribution >= 4 is 33.0 Å². The predicted molar refractivity (Wildman–Crippen MR) is 53.7 cm³/mol. The van der Waals surface area contributed by atoms with E-state index in [9.17, 15) is 22.8 Å². The first kappa shape index (κ1) is 13.2. The molecule has 0 spiro atoms. The van der Waals surface area contributed by atoms with Gasteiger partial charge in [-0.1, -0.05) is 0 Å². The number of β-lactam (4-membered cyclic amide) rings is 1. The minimum Gasteiger partial charge on any atom is -0.479 e. The summed E-state index contributed by atoms with van der Waals surface area (Å²) < 4.78 is 25.5. The Morgan fingerprint density at radius 3 is 2.29 bits per heavy atom. The molecule has 9 heteroatoms. The summed E-state index contributed by atoms with van der Waals surface area (Å²) in [5.74, 6) is -3.70. The summed E-state index contributed by atoms with van der Waals surface area (Å²) in [6.07, 6.45) is 0. The number of nitrogens with zero attached hydrogens (tertiary/aromatic N) is 1. The Balaban J connectivity index is 3.11. The van der Waals surface area contributed by atoms with Crippen molar-refractivity contribution in [3.05, 3.63) is 0 Å². The average Bonchev–Trinajstić information content (AvgIpc) is 2.23. The summed E-state index contributed by atoms with van der Waals surface area (Å²) in [5, 5.41) is 8.81. The van der Waals surface area contributed by atoms with Crippen LogP contribution in [0.25, 0.3) is 0 Å². The Morgan fingerprint density at radius 1 is 1.47 bits per heavy atom. The number of esters is 1. The van der Waals surface area contributed by atoms with Crippen molar-refractivity contribution in [2.24, 2.45) is 0 Å². The lowest BCUT2D eigenvalue weighted by Gasteiger charge is -2.40. The maximum absolute atomic E-state index is 11.4. The van der Waals surface area contributed by atoms with Crippen LogP contribution in [0, 0.1) is 0 Å². The Bertz CT molecular complexity index is 512. The van der Waals surface area contributed by atoms with Gasteiger partial charge in [0.05, 0.1) is 13.2 Å². The third kappa shape index (κ3) is 2.00. The van der Waals surface area contributed by atoms with Crippen molar-refractivity contribution < 1.29 is 32.6 Å². The molecule has 1 rings (SSSR count). The van der Waals surface area contributed by atoms with Gasteiger partial charge in [0.15, 0.2) is 4.86 Å². The van der Waals surface area contributed by atoms with Gasteiger partial charge < -0.3 is 14.7 Å². The Morgan fingerprint density at radius 2 is 2.00 bits per heavy atom. The standard InChI is InChI=1S/C8H9NO7S/c1-3-5(17(14)15)6(10)9(3)4(7(11)12)8(13)16-2/h3-4H,1-2H3,(H,11,12). The quantitative estimate of drug-likeness (QED) is 0.268. The third-order valence-electron chi connectivity index (χ3n) is 2.36. The molecule has 0 saturated carbocycles. The zero-order valence-corrected chi connectivity index (χ0v) is 9.72. The highest BCUT2D eigenvalue weighted by molar-refractivity contribution is 7.75. The lowest BCUT2D eigenvalue weighted by atomic mass is 10.00. The summed E-state index contributed by atoms with van der Waals surface area (Å²) in [6, 6.07) is -2.78. The number of rotatable bonds is 3. The first-order valence-electron chi connectivity index (χ1n) is 4.42. The van der Waals surface area contributed by atoms with Crippen molar-refractivity contribution in [3.8, 4) is 0 Å². The molecule has 94 valence electrons. The van der Waals surface area contributed by atoms with Gasteiger partial charge in [0.25, 0.3) is 5.91 Å². The van der Waals surface area contributed by atoms with Crippen molar-refractivity contribution in [1.29, 1.82) is 0 Å². The van der Waals surface area contributed by atoms with Crippen molar-refractivity contribution in [2.75, 3.05) is 7.11 Å². The average molecular weight is 263 g/mol. The number of amides is 1. The lowest BCUT2D eigenvalue weighted by Crippen LogP contribution is -2.68. The van der Waals surface area contributed by atoms with Crippen molar-refractivity contribution in [2.45, 2.75) is 19.0 Å². The first-order chi connectivity index (χ1) is 7.82. The fourth-order valence-electron chi connectivity index (χ4n) is 1.54. The van der Waals surface area contributed by atoms with Crippen LogP contribution >= 0.6 is 0 Å². The summed E-state index contributed by atoms with van der Waals surface area (Å²) in [6.45, 7) is 1.31. The Labute approximate surface area is 97.3 Å². The molecule has 2 atom stereocenters. The fraction of sp³-hybridized carbons (Fsp3) is 0.500. The van der Waals surface area contributed by atoms with Crippen LogP contribution in [0.2, 0.25) is 0 Å². The predicted octanol–water partition coefficient (Wildman–Crippen LogP) is -2.11. The Kier molecular flexibility index (Phi) is 3.51. The zero-order valence-electron chi connectivity index (χ0n) is 8.91. The van der Waals surface area contributed by atoms with E-state index in [4.69, 9.17) is 5.11 Å². The van der Waals surface area contributed by atoms with Crippen molar-refractivity contribution in [1.82, 2.24) is 4.90 Å². The number of hydrogen-bond acceptors (Lipinski definition) is 6. The summed E-state index contributed by atoms with van der Waals surface area (Å²) >= 11 is 0. The van der Waals surface area contributed by atoms with E-state index in [1.54, 1.807) is 0 Å². The molecule has 0 aromatic carbocycles. The normalized spacial score (nSPS) is 20.6. The molecule has 0 aromatic rings. The highest BCUT2D eigenvalue weighted by Gasteiger charge is 2.51. The number of likely N-dealkylation sites (tertiary alicyclic amines) is 1. The van der Waals surface area contributed by atoms with Gasteiger partial charge in [-0.15, -0.1) is 0 Å². The molecule has 0 bridgehead atoms. The summed E-state index contributed by atoms with van der Waals surface area (Å²) in [7, 11) is -1.74. The largest absolute Gasteiger partial charge is 0.479 e. The first-order valence-corrected chi connectivity index (χ1v) is 5.49. The van der Waals surface area contributed by atoms with Crippen LogP contribution in [0.5, 0.6) is 0 Å². The molecule has 0 radical (unpaired) electrons. The van der Waals surface area contributed by atoms with Crippen LogP contribution in [0.15, 0.2) is 0 Å². The maximum Gasteiger partial charge on any atom is 0.340 e. The van der Waals surface area contributed by atoms with E-state index in [0.29, 0.717) is 4.90 Å². The van der Waals surface area contributed by atoms with Gasteiger partial charge in [-0.05, 0) is 6.92 Å². The molecule has 1 aliphatic heterocycles. The monoisotopic (exact) mass is 263 g/mol. The van der Waals surface area contributed by atoms with Crippen LogP contribution < -0.4 is 0 Å². The second-order valence-electron chi connectivity index (χ2n) is 3.25. The molecule has 1 amide bonds. The summed E-state index contributed by atoms with van der Waals surface area (Å²) in [4.78, 5) is 33.7. The van der Waals surface area contributed by atoms with E-state index in [1.807, 2.05) is 0 Å². The molecule has 1 heterocycles. The second-order valence-corrected chi connectivity index (χ2v) is 4.16. The van der Waals surface area contributed by atoms with Gasteiger partial charge in [-0.2, -0.15) is 8.42 Å². The van der Waals surface area contributed by atoms with Gasteiger partial charge in [0, 0.05) is 0 Å². The smallest absolute Gasteiger partial charge is 0.340 e. The van der Waals surface area contributed by atoms with Crippen LogP contribution in [-0.4, -0.2) is 60.3 Å². The number of carboxylic acid groups (broad SMARTS) is 1. The molecular weight excluding hydrogens is 254 g/mol. The zero-order chi connectivity index (χ0) is 13.3. The molecule has 2 unspecified atom stereocenters. The Hall–Kier alpha value is -1.90. The van der Waals surface area contributed by atoms with E-state index < -0.39 is 45.1 Å². The van der Waals surface area contributed by atoms with Gasteiger partial charge in [-0.25, -0.2) is 9.59 Å². The van der Waals surface area contributed by atoms with E-state index >= 15 is 0 Å². The molecule has 0 aromatic heterocycles. The van der Waals surface area contributed by atoms with Crippen LogP contribution in [0.3, 0.4) is 0 Å². The highest BCUT2D eigenvalue weighted by atomic mass is 32.2. The molecule has 1 aliphatic rings. The third-order valence-corrected chi connectivity index (χ3v) is 3.23. The van der Waals surface area contributed by atoms with E-state index in [0.717, 1.165) is 7.11 Å². The fourth-order valence-corrected chi connectivity index (χ4v) is 2.18. The van der Waals surface area contributed by atoms with E-state index in [1.165, 1.54) is 6.92 Å². The molecule has 0 aliphatic carbocycles. The number of aliphatic carboxylic acids is 1. The number of carbonyl (C=O) groups excluding carboxylic acids is 2. The van der Waals surface area contributed by atoms with Crippen LogP contribution in [0.4, 0.5) is 0 Å². The van der Waals surface area contributed by atoms with Gasteiger partial charge in [0.2, 0.25) is 16.3 Å². The topological polar surface area (TPSA) is 118 Å². The van der Waals surface area contributed by atoms with Crippen LogP contribution in [-0.2, 0) is 29.4 Å². The second kappa shape index (κ2) is 4.53. The van der Waals surface area contributed by atoms with Gasteiger partial charge in [0.1, 0.15) is 0 Å². The number of ether oxygens (including phenoxy) is 1. The molecule has 8 nitrogen and oxygen atoms in total. The van der Waals surface area contributed by atoms with Gasteiger partial charge in [-0.3, -0.25) is 4.79 Å². The highest BCUT2D eigenvalue weighted by Crippen LogP contribution is 2.20. The lowest BCUT2D eigenvalue weighted by molar-refractivity contribution is -0.164. The molecular formula is C8H9NO7S. The minimum atomic E-state index is -2.72. The molecule has 1 saturated heterocycles. The minimum absolute atomic E-state index is 0.444. The summed E-state index contributed by atoms with van der Waals surface area (Å²) in [5.41, 5.74) is 0. The van der Waals surface area contributed by atoms with E-state index in [2.05, 4.69) is 4.74 Å². The van der Waals surface area contributed by atoms with E-state index in [-0.39, 0.29) is 0 Å². The van der Waals surface area contributed by atoms with Crippen LogP contribution in [0.1, 0.15) is 6.92 Å². The molecule has 1 fully saturated rings. The maximum atomic E-state index is 11.4. The molecule has 1 N–H and O–H groups in total. The number of carbonyl (C=O) groups is 3. The number of hydrogen-bond donors (Lipinski definition) is 1.